The van der Waals surface area contributed by atoms with Crippen molar-refractivity contribution in [1.29, 1.82) is 0 Å². The number of hydrogen-bond acceptors (Lipinski definition) is 5. The smallest absolute Gasteiger partial charge is 0.416 e. The molecule has 45 heavy (non-hydrogen) atoms. The summed E-state index contributed by atoms with van der Waals surface area (Å²) in [7, 11) is -4.37. The first kappa shape index (κ1) is 34.2. The maximum Gasteiger partial charge on any atom is 0.416 e. The maximum atomic E-state index is 14.3. The van der Waals surface area contributed by atoms with E-state index in [1.54, 1.807) is 56.3 Å². The van der Waals surface area contributed by atoms with Gasteiger partial charge >= 0.3 is 18.3 Å². The number of ether oxygens (including phenoxy) is 2. The van der Waals surface area contributed by atoms with Crippen molar-refractivity contribution >= 4 is 16.0 Å². The monoisotopic (exact) mass is 655 g/mol. The van der Waals surface area contributed by atoms with Gasteiger partial charge < -0.3 is 9.47 Å². The summed E-state index contributed by atoms with van der Waals surface area (Å²) in [5, 5.41) is 0. The van der Waals surface area contributed by atoms with Crippen molar-refractivity contribution in [2.45, 2.75) is 56.1 Å². The minimum atomic E-state index is -5.06. The lowest BCUT2D eigenvalue weighted by Crippen LogP contribution is -2.55. The molecular formula is C32H31F6NO5S. The zero-order valence-corrected chi connectivity index (χ0v) is 25.4. The Labute approximate surface area is 257 Å². The van der Waals surface area contributed by atoms with E-state index in [9.17, 15) is 39.6 Å². The molecule has 0 fully saturated rings. The van der Waals surface area contributed by atoms with Crippen molar-refractivity contribution in [1.82, 2.24) is 4.31 Å². The normalized spacial score (nSPS) is 18.7. The van der Waals surface area contributed by atoms with Gasteiger partial charge in [0.2, 0.25) is 10.0 Å². The van der Waals surface area contributed by atoms with E-state index in [0.717, 1.165) is 9.87 Å². The number of carbonyl (C=O) groups excluding carboxylic acids is 1. The number of rotatable bonds is 9. The molecule has 0 aromatic heterocycles. The molecule has 0 spiro atoms. The van der Waals surface area contributed by atoms with Gasteiger partial charge in [-0.25, -0.2) is 13.2 Å². The fourth-order valence-electron chi connectivity index (χ4n) is 5.09. The van der Waals surface area contributed by atoms with Gasteiger partial charge in [0.15, 0.2) is 0 Å². The van der Waals surface area contributed by atoms with E-state index in [2.05, 4.69) is 0 Å². The van der Waals surface area contributed by atoms with Crippen LogP contribution in [0.5, 0.6) is 0 Å². The number of alkyl halides is 6. The molecule has 3 aromatic rings. The zero-order valence-electron chi connectivity index (χ0n) is 24.6. The van der Waals surface area contributed by atoms with Crippen molar-refractivity contribution < 1.29 is 49.0 Å². The van der Waals surface area contributed by atoms with Crippen LogP contribution in [0.3, 0.4) is 0 Å². The van der Waals surface area contributed by atoms with Crippen LogP contribution in [0.2, 0.25) is 0 Å². The van der Waals surface area contributed by atoms with E-state index < -0.39 is 69.8 Å². The summed E-state index contributed by atoms with van der Waals surface area (Å²) < 4.78 is 122. The lowest BCUT2D eigenvalue weighted by Gasteiger charge is -2.45. The van der Waals surface area contributed by atoms with Crippen molar-refractivity contribution in [2.75, 3.05) is 19.8 Å². The summed E-state index contributed by atoms with van der Waals surface area (Å²) in [5.74, 6) is -0.721. The average Bonchev–Trinajstić information content (AvgIpc) is 2.99. The van der Waals surface area contributed by atoms with Crippen LogP contribution in [0.1, 0.15) is 54.2 Å². The number of benzene rings is 3. The predicted octanol–water partition coefficient (Wildman–Crippen LogP) is 7.59. The number of carbonyl (C=O) groups is 1. The molecule has 0 unspecified atom stereocenters. The highest BCUT2D eigenvalue weighted by Crippen LogP contribution is 2.43. The Bertz CT molecular complexity index is 1620. The van der Waals surface area contributed by atoms with Gasteiger partial charge in [0.25, 0.3) is 0 Å². The summed E-state index contributed by atoms with van der Waals surface area (Å²) in [6, 6.07) is 15.5. The molecule has 2 atom stereocenters. The van der Waals surface area contributed by atoms with E-state index in [4.69, 9.17) is 9.47 Å². The molecule has 4 rings (SSSR count). The molecule has 0 bridgehead atoms. The number of aryl methyl sites for hydroxylation is 1. The standard InChI is InChI=1S/C32H31F6NO5S/c1-4-43-29(40)23-14-15-30(25-8-6-5-7-9-25,39(19-23)45(41,42)28-12-10-21(2)11-13-28)20-44-22(3)24-16-26(31(33,34)35)18-27(17-24)32(36,37)38/h5-14,16-18,22H,4,15,19-20H2,1-3H3/t22-,30-/m1/s1. The highest BCUT2D eigenvalue weighted by molar-refractivity contribution is 7.89. The number of esters is 1. The quantitative estimate of drug-likeness (QED) is 0.176. The van der Waals surface area contributed by atoms with Crippen molar-refractivity contribution in [3.63, 3.8) is 0 Å². The Hall–Kier alpha value is -3.68. The van der Waals surface area contributed by atoms with E-state index in [-0.39, 0.29) is 29.6 Å². The largest absolute Gasteiger partial charge is 0.463 e. The maximum absolute atomic E-state index is 14.3. The van der Waals surface area contributed by atoms with Gasteiger partial charge in [0, 0.05) is 12.1 Å². The average molecular weight is 656 g/mol. The molecule has 0 saturated carbocycles. The first-order valence-electron chi connectivity index (χ1n) is 13.9. The summed E-state index contributed by atoms with van der Waals surface area (Å²) >= 11 is 0. The topological polar surface area (TPSA) is 72.9 Å². The first-order valence-corrected chi connectivity index (χ1v) is 15.3. The third-order valence-electron chi connectivity index (χ3n) is 7.59. The van der Waals surface area contributed by atoms with Crippen molar-refractivity contribution in [3.05, 3.63) is 112 Å². The molecule has 0 amide bonds. The van der Waals surface area contributed by atoms with Crippen molar-refractivity contribution in [3.8, 4) is 0 Å². The van der Waals surface area contributed by atoms with Crippen molar-refractivity contribution in [2.24, 2.45) is 0 Å². The summed E-state index contributed by atoms with van der Waals surface area (Å²) in [6.07, 6.45) is -10.0. The van der Waals surface area contributed by atoms with Gasteiger partial charge in [0.1, 0.15) is 0 Å². The van der Waals surface area contributed by atoms with E-state index in [1.165, 1.54) is 25.1 Å². The summed E-state index contributed by atoms with van der Waals surface area (Å²) in [5.41, 5.74) is -3.64. The van der Waals surface area contributed by atoms with E-state index in [1.807, 2.05) is 0 Å². The minimum absolute atomic E-state index is 0.0282. The van der Waals surface area contributed by atoms with Crippen LogP contribution in [-0.4, -0.2) is 38.5 Å². The molecule has 3 aromatic carbocycles. The van der Waals surface area contributed by atoms with Gasteiger partial charge in [-0.15, -0.1) is 0 Å². The SMILES string of the molecule is CCOC(=O)C1=CC[C@@](CO[C@H](C)c2cc(C(F)(F)F)cc(C(F)(F)F)c2)(c2ccccc2)N(S(=O)(=O)c2ccc(C)cc2)C1. The second-order valence-electron chi connectivity index (χ2n) is 10.7. The van der Waals surface area contributed by atoms with Gasteiger partial charge in [-0.2, -0.15) is 30.6 Å². The van der Waals surface area contributed by atoms with Crippen LogP contribution >= 0.6 is 0 Å². The molecule has 0 radical (unpaired) electrons. The van der Waals surface area contributed by atoms with Crippen LogP contribution in [-0.2, 0) is 42.2 Å². The molecule has 1 aliphatic heterocycles. The third kappa shape index (κ3) is 7.42. The zero-order chi connectivity index (χ0) is 33.2. The molecule has 6 nitrogen and oxygen atoms in total. The van der Waals surface area contributed by atoms with E-state index >= 15 is 0 Å². The summed E-state index contributed by atoms with van der Waals surface area (Å²) in [6.45, 7) is 3.80. The lowest BCUT2D eigenvalue weighted by molar-refractivity contribution is -0.143. The van der Waals surface area contributed by atoms with Gasteiger partial charge in [-0.1, -0.05) is 54.1 Å². The third-order valence-corrected chi connectivity index (χ3v) is 9.51. The molecule has 242 valence electrons. The fraction of sp³-hybridized carbons (Fsp3) is 0.344. The lowest BCUT2D eigenvalue weighted by atomic mass is 9.83. The highest BCUT2D eigenvalue weighted by Gasteiger charge is 2.49. The first-order chi connectivity index (χ1) is 21.0. The van der Waals surface area contributed by atoms with Crippen LogP contribution in [0.4, 0.5) is 26.3 Å². The molecule has 1 aliphatic rings. The molecule has 0 saturated heterocycles. The molecule has 0 N–H and O–H groups in total. The second kappa shape index (κ2) is 13.0. The number of hydrogen-bond donors (Lipinski definition) is 0. The number of nitrogens with zero attached hydrogens (tertiary/aromatic N) is 1. The van der Waals surface area contributed by atoms with Crippen LogP contribution in [0, 0.1) is 6.92 Å². The Morgan fingerprint density at radius 2 is 1.51 bits per heavy atom. The summed E-state index contributed by atoms with van der Waals surface area (Å²) in [4.78, 5) is 12.7. The highest BCUT2D eigenvalue weighted by atomic mass is 32.2. The van der Waals surface area contributed by atoms with Crippen LogP contribution in [0.15, 0.2) is 89.3 Å². The van der Waals surface area contributed by atoms with Gasteiger partial charge in [-0.05, 0) is 68.7 Å². The van der Waals surface area contributed by atoms with Gasteiger partial charge in [0.05, 0.1) is 40.9 Å². The molecular weight excluding hydrogens is 624 g/mol. The Morgan fingerprint density at radius 1 is 0.933 bits per heavy atom. The predicted molar refractivity (Wildman–Crippen MR) is 153 cm³/mol. The Morgan fingerprint density at radius 3 is 2.04 bits per heavy atom. The number of sulfonamides is 1. The minimum Gasteiger partial charge on any atom is -0.463 e. The fourth-order valence-corrected chi connectivity index (χ4v) is 6.82. The Balaban J connectivity index is 1.83. The van der Waals surface area contributed by atoms with E-state index in [0.29, 0.717) is 17.7 Å². The van der Waals surface area contributed by atoms with Crippen LogP contribution in [0.25, 0.3) is 0 Å². The van der Waals surface area contributed by atoms with Crippen LogP contribution < -0.4 is 0 Å². The second-order valence-corrected chi connectivity index (χ2v) is 12.5. The Kier molecular flexibility index (Phi) is 9.86. The molecule has 1 heterocycles. The van der Waals surface area contributed by atoms with Gasteiger partial charge in [-0.3, -0.25) is 0 Å². The molecule has 13 heteroatoms. The number of halogens is 6. The molecule has 0 aliphatic carbocycles.